The van der Waals surface area contributed by atoms with E-state index >= 15 is 0 Å². The summed E-state index contributed by atoms with van der Waals surface area (Å²) in [4.78, 5) is 13.3. The molecular formula is C23H38N6O4S. The van der Waals surface area contributed by atoms with Crippen molar-refractivity contribution >= 4 is 15.9 Å². The van der Waals surface area contributed by atoms with E-state index < -0.39 is 16.2 Å². The van der Waals surface area contributed by atoms with Crippen molar-refractivity contribution in [1.29, 1.82) is 0 Å². The molecule has 0 aliphatic carbocycles. The van der Waals surface area contributed by atoms with Crippen molar-refractivity contribution in [2.45, 2.75) is 81.8 Å². The molecule has 4 rings (SSSR count). The Morgan fingerprint density at radius 2 is 1.82 bits per heavy atom. The van der Waals surface area contributed by atoms with Gasteiger partial charge in [-0.05, 0) is 45.4 Å². The lowest BCUT2D eigenvalue weighted by Gasteiger charge is -2.37. The minimum absolute atomic E-state index is 0.0688. The molecule has 3 heterocycles. The number of nitrogens with zero attached hydrogens (tertiary/aromatic N) is 2. The topological polar surface area (TPSA) is 115 Å². The molecule has 6 atom stereocenters. The van der Waals surface area contributed by atoms with Gasteiger partial charge in [0.1, 0.15) is 18.0 Å². The fourth-order valence-electron chi connectivity index (χ4n) is 5.44. The van der Waals surface area contributed by atoms with E-state index in [0.29, 0.717) is 31.0 Å². The molecule has 0 saturated carbocycles. The van der Waals surface area contributed by atoms with Crippen LogP contribution in [0.15, 0.2) is 23.1 Å². The van der Waals surface area contributed by atoms with Gasteiger partial charge in [0, 0.05) is 43.8 Å². The first-order valence-corrected chi connectivity index (χ1v) is 13.7. The van der Waals surface area contributed by atoms with Crippen LogP contribution in [0.1, 0.15) is 52.3 Å². The molecule has 0 spiro atoms. The van der Waals surface area contributed by atoms with E-state index in [1.807, 2.05) is 32.8 Å². The van der Waals surface area contributed by atoms with E-state index in [1.54, 1.807) is 18.2 Å². The normalized spacial score (nSPS) is 32.9. The number of ether oxygens (including phenoxy) is 1. The highest BCUT2D eigenvalue weighted by Crippen LogP contribution is 2.33. The standard InChI is InChI=1S/C23H38N6O4S/c1-6-8-18-20-21(28(5)27-18)23(30)26-22(25-20)17-11-16(9-10-19(17)33-7-2)34(31,32)29-12-14(3)24-15(4)13-29/h9-11,14-15,18,20-22,24-25,27H,6-8,12-13H2,1-5H3,(H,26,30). The van der Waals surface area contributed by atoms with Gasteiger partial charge < -0.3 is 15.4 Å². The van der Waals surface area contributed by atoms with Crippen molar-refractivity contribution < 1.29 is 17.9 Å². The number of piperazine rings is 1. The largest absolute Gasteiger partial charge is 0.493 e. The first-order valence-electron chi connectivity index (χ1n) is 12.2. The molecule has 11 heteroatoms. The zero-order chi connectivity index (χ0) is 24.6. The number of sulfonamides is 1. The number of hydrogen-bond donors (Lipinski definition) is 4. The van der Waals surface area contributed by atoms with E-state index in [1.165, 1.54) is 4.31 Å². The Labute approximate surface area is 202 Å². The molecule has 1 aromatic carbocycles. The zero-order valence-electron chi connectivity index (χ0n) is 20.7. The Hall–Kier alpha value is -1.76. The molecule has 6 unspecified atom stereocenters. The Morgan fingerprint density at radius 1 is 1.12 bits per heavy atom. The molecular weight excluding hydrogens is 456 g/mol. The summed E-state index contributed by atoms with van der Waals surface area (Å²) in [7, 11) is -1.83. The summed E-state index contributed by atoms with van der Waals surface area (Å²) in [6.45, 7) is 9.23. The highest BCUT2D eigenvalue weighted by molar-refractivity contribution is 7.89. The van der Waals surface area contributed by atoms with Crippen LogP contribution in [-0.4, -0.2) is 80.6 Å². The molecule has 3 fully saturated rings. The Kier molecular flexibility index (Phi) is 7.51. The molecule has 10 nitrogen and oxygen atoms in total. The minimum atomic E-state index is -3.70. The molecule has 190 valence electrons. The van der Waals surface area contributed by atoms with Gasteiger partial charge in [0.15, 0.2) is 0 Å². The van der Waals surface area contributed by atoms with Crippen LogP contribution in [0.5, 0.6) is 5.75 Å². The molecule has 0 radical (unpaired) electrons. The lowest BCUT2D eigenvalue weighted by Crippen LogP contribution is -2.62. The Morgan fingerprint density at radius 3 is 2.47 bits per heavy atom. The number of carbonyl (C=O) groups excluding carboxylic acids is 1. The number of benzene rings is 1. The van der Waals surface area contributed by atoms with E-state index in [9.17, 15) is 13.2 Å². The summed E-state index contributed by atoms with van der Waals surface area (Å²) in [5.74, 6) is 0.467. The predicted octanol–water partition coefficient (Wildman–Crippen LogP) is 0.530. The summed E-state index contributed by atoms with van der Waals surface area (Å²) < 4.78 is 34.5. The average Bonchev–Trinajstić information content (AvgIpc) is 3.09. The van der Waals surface area contributed by atoms with Crippen LogP contribution in [0.3, 0.4) is 0 Å². The Bertz CT molecular complexity index is 995. The fourth-order valence-corrected chi connectivity index (χ4v) is 7.09. The molecule has 3 aliphatic heterocycles. The van der Waals surface area contributed by atoms with Gasteiger partial charge in [0.2, 0.25) is 15.9 Å². The maximum Gasteiger partial charge on any atom is 0.243 e. The lowest BCUT2D eigenvalue weighted by atomic mass is 9.94. The van der Waals surface area contributed by atoms with Crippen LogP contribution in [0.2, 0.25) is 0 Å². The number of likely N-dealkylation sites (N-methyl/N-ethyl adjacent to an activating group) is 1. The van der Waals surface area contributed by atoms with Crippen molar-refractivity contribution in [2.75, 3.05) is 26.7 Å². The molecule has 34 heavy (non-hydrogen) atoms. The summed E-state index contributed by atoms with van der Waals surface area (Å²) in [5, 5.41) is 11.8. The van der Waals surface area contributed by atoms with Crippen LogP contribution in [-0.2, 0) is 14.8 Å². The van der Waals surface area contributed by atoms with Crippen LogP contribution < -0.4 is 26.1 Å². The van der Waals surface area contributed by atoms with Crippen molar-refractivity contribution in [3.63, 3.8) is 0 Å². The molecule has 3 saturated heterocycles. The summed E-state index contributed by atoms with van der Waals surface area (Å²) in [6.07, 6.45) is 1.35. The van der Waals surface area contributed by atoms with Crippen molar-refractivity contribution in [2.24, 2.45) is 0 Å². The quantitative estimate of drug-likeness (QED) is 0.434. The lowest BCUT2D eigenvalue weighted by molar-refractivity contribution is -0.129. The molecule has 3 aliphatic rings. The average molecular weight is 495 g/mol. The number of hydrazine groups is 1. The van der Waals surface area contributed by atoms with E-state index in [-0.39, 0.29) is 41.0 Å². The smallest absolute Gasteiger partial charge is 0.243 e. The summed E-state index contributed by atoms with van der Waals surface area (Å²) >= 11 is 0. The van der Waals surface area contributed by atoms with Gasteiger partial charge in [0.25, 0.3) is 0 Å². The SMILES string of the molecule is CCCC1NN(C)C2C(=O)NC(c3cc(S(=O)(=O)N4CC(C)NC(C)C4)ccc3OCC)NC12. The maximum absolute atomic E-state index is 13.5. The van der Waals surface area contributed by atoms with Gasteiger partial charge in [-0.1, -0.05) is 13.3 Å². The number of carbonyl (C=O) groups is 1. The molecule has 1 amide bonds. The molecule has 0 aromatic heterocycles. The van der Waals surface area contributed by atoms with Crippen LogP contribution in [0, 0.1) is 0 Å². The van der Waals surface area contributed by atoms with E-state index in [4.69, 9.17) is 4.74 Å². The van der Waals surface area contributed by atoms with Crippen LogP contribution in [0.4, 0.5) is 0 Å². The van der Waals surface area contributed by atoms with Gasteiger partial charge in [-0.25, -0.2) is 18.9 Å². The zero-order valence-corrected chi connectivity index (χ0v) is 21.5. The van der Waals surface area contributed by atoms with Gasteiger partial charge in [-0.3, -0.25) is 10.1 Å². The van der Waals surface area contributed by atoms with Gasteiger partial charge >= 0.3 is 0 Å². The van der Waals surface area contributed by atoms with E-state index in [0.717, 1.165) is 12.8 Å². The van der Waals surface area contributed by atoms with Gasteiger partial charge in [0.05, 0.1) is 17.5 Å². The predicted molar refractivity (Wildman–Crippen MR) is 130 cm³/mol. The Balaban J connectivity index is 1.67. The van der Waals surface area contributed by atoms with Gasteiger partial charge in [-0.2, -0.15) is 4.31 Å². The number of nitrogens with one attached hydrogen (secondary N) is 4. The first kappa shape index (κ1) is 25.3. The third-order valence-corrected chi connectivity index (χ3v) is 8.66. The number of fused-ring (bicyclic) bond motifs is 1. The van der Waals surface area contributed by atoms with Crippen molar-refractivity contribution in [3.05, 3.63) is 23.8 Å². The second kappa shape index (κ2) is 10.1. The first-order chi connectivity index (χ1) is 16.1. The third kappa shape index (κ3) is 4.82. The van der Waals surface area contributed by atoms with Gasteiger partial charge in [-0.15, -0.1) is 0 Å². The highest BCUT2D eigenvalue weighted by atomic mass is 32.2. The molecule has 4 N–H and O–H groups in total. The molecule has 0 bridgehead atoms. The molecule has 1 aromatic rings. The van der Waals surface area contributed by atoms with Crippen molar-refractivity contribution in [3.8, 4) is 5.75 Å². The van der Waals surface area contributed by atoms with Crippen LogP contribution in [0.25, 0.3) is 0 Å². The summed E-state index contributed by atoms with van der Waals surface area (Å²) in [6, 6.07) is 4.75. The highest BCUT2D eigenvalue weighted by Gasteiger charge is 2.48. The fraction of sp³-hybridized carbons (Fsp3) is 0.696. The number of rotatable bonds is 7. The number of hydrogen-bond acceptors (Lipinski definition) is 8. The third-order valence-electron chi connectivity index (χ3n) is 6.83. The van der Waals surface area contributed by atoms with Crippen molar-refractivity contribution in [1.82, 2.24) is 30.7 Å². The van der Waals surface area contributed by atoms with E-state index in [2.05, 4.69) is 28.3 Å². The maximum atomic E-state index is 13.5. The monoisotopic (exact) mass is 494 g/mol. The minimum Gasteiger partial charge on any atom is -0.493 e. The van der Waals surface area contributed by atoms with Crippen LogP contribution >= 0.6 is 0 Å². The second-order valence-electron chi connectivity index (χ2n) is 9.64. The second-order valence-corrected chi connectivity index (χ2v) is 11.6. The number of amides is 1. The summed E-state index contributed by atoms with van der Waals surface area (Å²) in [5.41, 5.74) is 4.02.